The minimum atomic E-state index is -1.01. The zero-order valence-electron chi connectivity index (χ0n) is 8.80. The minimum Gasteiger partial charge on any atom is -0.479 e. The lowest BCUT2D eigenvalue weighted by molar-refractivity contribution is -0.138. The number of hydrogen-bond acceptors (Lipinski definition) is 5. The Morgan fingerprint density at radius 3 is 2.83 bits per heavy atom. The number of carboxylic acid groups (broad SMARTS) is 1. The third kappa shape index (κ3) is 2.90. The van der Waals surface area contributed by atoms with Crippen LogP contribution in [0.2, 0.25) is 10.3 Å². The summed E-state index contributed by atoms with van der Waals surface area (Å²) >= 11 is 12.8. The van der Waals surface area contributed by atoms with Gasteiger partial charge in [0.15, 0.2) is 16.3 Å². The van der Waals surface area contributed by atoms with E-state index in [-0.39, 0.29) is 10.3 Å². The molecule has 1 atom stereocenters. The van der Waals surface area contributed by atoms with Gasteiger partial charge < -0.3 is 10.4 Å². The van der Waals surface area contributed by atoms with Gasteiger partial charge in [0.1, 0.15) is 0 Å². The number of hydrogen-bond donors (Lipinski definition) is 2. The van der Waals surface area contributed by atoms with Gasteiger partial charge >= 0.3 is 5.97 Å². The summed E-state index contributed by atoms with van der Waals surface area (Å²) in [5.41, 5.74) is 0.331. The van der Waals surface area contributed by atoms with Gasteiger partial charge in [0, 0.05) is 10.9 Å². The molecule has 0 saturated carbocycles. The molecular formula is C10H7Cl2N3O2S. The number of thiophene rings is 1. The lowest BCUT2D eigenvalue weighted by Gasteiger charge is -2.14. The number of aromatic nitrogens is 2. The predicted molar refractivity (Wildman–Crippen MR) is 70.4 cm³/mol. The topological polar surface area (TPSA) is 75.1 Å². The molecule has 1 unspecified atom stereocenters. The van der Waals surface area contributed by atoms with Gasteiger partial charge in [-0.15, -0.1) is 21.5 Å². The van der Waals surface area contributed by atoms with E-state index in [9.17, 15) is 9.90 Å². The van der Waals surface area contributed by atoms with Crippen LogP contribution in [-0.4, -0.2) is 21.3 Å². The van der Waals surface area contributed by atoms with E-state index in [4.69, 9.17) is 23.2 Å². The summed E-state index contributed by atoms with van der Waals surface area (Å²) in [6.07, 6.45) is 0. The molecule has 2 rings (SSSR count). The molecule has 0 aliphatic rings. The molecule has 5 nitrogen and oxygen atoms in total. The van der Waals surface area contributed by atoms with E-state index in [0.29, 0.717) is 10.6 Å². The fourth-order valence-corrected chi connectivity index (χ4v) is 2.38. The zero-order chi connectivity index (χ0) is 13.1. The average molecular weight is 304 g/mol. The SMILES string of the molecule is O=C(O)C(Nc1cc(Cl)nnc1Cl)c1cccs1. The number of halogens is 2. The predicted octanol–water partition coefficient (Wildman–Crippen LogP) is 3.08. The Bertz CT molecular complexity index is 562. The standard InChI is InChI=1S/C10H7Cl2N3O2S/c11-7-4-5(9(12)15-14-7)13-8(10(16)17)6-2-1-3-18-6/h1-4,8H,(H,13,14)(H,16,17). The largest absolute Gasteiger partial charge is 0.479 e. The first kappa shape index (κ1) is 13.1. The van der Waals surface area contributed by atoms with Crippen molar-refractivity contribution in [2.75, 3.05) is 5.32 Å². The Morgan fingerprint density at radius 1 is 1.44 bits per heavy atom. The number of carbonyl (C=O) groups is 1. The van der Waals surface area contributed by atoms with E-state index >= 15 is 0 Å². The first-order valence-corrected chi connectivity index (χ1v) is 6.43. The fraction of sp³-hybridized carbons (Fsp3) is 0.100. The van der Waals surface area contributed by atoms with Gasteiger partial charge in [0.2, 0.25) is 0 Å². The molecule has 94 valence electrons. The molecule has 2 aromatic rings. The molecule has 18 heavy (non-hydrogen) atoms. The third-order valence-corrected chi connectivity index (χ3v) is 3.49. The van der Waals surface area contributed by atoms with Crippen molar-refractivity contribution in [2.24, 2.45) is 0 Å². The van der Waals surface area contributed by atoms with Crippen LogP contribution >= 0.6 is 34.5 Å². The summed E-state index contributed by atoms with van der Waals surface area (Å²) in [4.78, 5) is 11.9. The van der Waals surface area contributed by atoms with Crippen LogP contribution in [0.4, 0.5) is 5.69 Å². The van der Waals surface area contributed by atoms with Gasteiger partial charge in [0.05, 0.1) is 5.69 Å². The summed E-state index contributed by atoms with van der Waals surface area (Å²) in [5, 5.41) is 21.1. The highest BCUT2D eigenvalue weighted by molar-refractivity contribution is 7.10. The molecule has 2 aromatic heterocycles. The summed E-state index contributed by atoms with van der Waals surface area (Å²) in [6.45, 7) is 0. The van der Waals surface area contributed by atoms with Crippen molar-refractivity contribution in [3.63, 3.8) is 0 Å². The molecule has 0 radical (unpaired) electrons. The van der Waals surface area contributed by atoms with Crippen LogP contribution in [0.5, 0.6) is 0 Å². The summed E-state index contributed by atoms with van der Waals surface area (Å²) in [6, 6.07) is 4.03. The summed E-state index contributed by atoms with van der Waals surface area (Å²) in [7, 11) is 0. The number of rotatable bonds is 4. The maximum Gasteiger partial charge on any atom is 0.331 e. The second kappa shape index (κ2) is 5.51. The van der Waals surface area contributed by atoms with Crippen molar-refractivity contribution in [3.8, 4) is 0 Å². The van der Waals surface area contributed by atoms with Crippen molar-refractivity contribution >= 4 is 46.2 Å². The number of nitrogens with zero attached hydrogens (tertiary/aromatic N) is 2. The second-order valence-corrected chi connectivity index (χ2v) is 5.03. The number of anilines is 1. The molecule has 0 bridgehead atoms. The van der Waals surface area contributed by atoms with Gasteiger partial charge in [0.25, 0.3) is 0 Å². The highest BCUT2D eigenvalue weighted by atomic mass is 35.5. The van der Waals surface area contributed by atoms with E-state index in [1.807, 2.05) is 0 Å². The Balaban J connectivity index is 2.30. The monoisotopic (exact) mass is 303 g/mol. The normalized spacial score (nSPS) is 12.1. The van der Waals surface area contributed by atoms with Gasteiger partial charge in [-0.2, -0.15) is 0 Å². The molecule has 0 aliphatic heterocycles. The van der Waals surface area contributed by atoms with Crippen molar-refractivity contribution < 1.29 is 9.90 Å². The highest BCUT2D eigenvalue weighted by Gasteiger charge is 2.22. The lowest BCUT2D eigenvalue weighted by atomic mass is 10.2. The average Bonchev–Trinajstić information content (AvgIpc) is 2.83. The van der Waals surface area contributed by atoms with E-state index in [1.165, 1.54) is 17.4 Å². The zero-order valence-corrected chi connectivity index (χ0v) is 11.1. The molecule has 0 saturated heterocycles. The van der Waals surface area contributed by atoms with Crippen LogP contribution in [0.15, 0.2) is 23.6 Å². The van der Waals surface area contributed by atoms with Crippen molar-refractivity contribution in [1.82, 2.24) is 10.2 Å². The third-order valence-electron chi connectivity index (χ3n) is 2.09. The molecular weight excluding hydrogens is 297 g/mol. The van der Waals surface area contributed by atoms with E-state index < -0.39 is 12.0 Å². The van der Waals surface area contributed by atoms with Gasteiger partial charge in [-0.3, -0.25) is 0 Å². The number of aliphatic carboxylic acids is 1. The van der Waals surface area contributed by atoms with E-state index in [0.717, 1.165) is 0 Å². The second-order valence-electron chi connectivity index (χ2n) is 3.30. The Morgan fingerprint density at radius 2 is 2.22 bits per heavy atom. The van der Waals surface area contributed by atoms with Crippen LogP contribution in [0.3, 0.4) is 0 Å². The Kier molecular flexibility index (Phi) is 4.00. The number of nitrogens with one attached hydrogen (secondary N) is 1. The quantitative estimate of drug-likeness (QED) is 0.908. The molecule has 8 heteroatoms. The molecule has 0 aliphatic carbocycles. The van der Waals surface area contributed by atoms with Crippen molar-refractivity contribution in [1.29, 1.82) is 0 Å². The van der Waals surface area contributed by atoms with Gasteiger partial charge in [-0.05, 0) is 11.4 Å². The molecule has 0 spiro atoms. The van der Waals surface area contributed by atoms with Crippen LogP contribution in [0, 0.1) is 0 Å². The fourth-order valence-electron chi connectivity index (χ4n) is 1.32. The first-order valence-electron chi connectivity index (χ1n) is 4.79. The van der Waals surface area contributed by atoms with Crippen molar-refractivity contribution in [2.45, 2.75) is 6.04 Å². The number of carboxylic acids is 1. The van der Waals surface area contributed by atoms with Crippen molar-refractivity contribution in [3.05, 3.63) is 38.8 Å². The highest BCUT2D eigenvalue weighted by Crippen LogP contribution is 2.28. The van der Waals surface area contributed by atoms with Crippen LogP contribution in [-0.2, 0) is 4.79 Å². The van der Waals surface area contributed by atoms with E-state index in [1.54, 1.807) is 17.5 Å². The molecule has 0 amide bonds. The maximum atomic E-state index is 11.2. The van der Waals surface area contributed by atoms with Crippen LogP contribution in [0.25, 0.3) is 0 Å². The molecule has 2 N–H and O–H groups in total. The van der Waals surface area contributed by atoms with Gasteiger partial charge in [-0.25, -0.2) is 4.79 Å². The van der Waals surface area contributed by atoms with Crippen LogP contribution < -0.4 is 5.32 Å². The smallest absolute Gasteiger partial charge is 0.331 e. The van der Waals surface area contributed by atoms with Gasteiger partial charge in [-0.1, -0.05) is 29.3 Å². The first-order chi connectivity index (χ1) is 8.58. The Hall–Kier alpha value is -1.37. The van der Waals surface area contributed by atoms with E-state index in [2.05, 4.69) is 15.5 Å². The molecule has 0 aromatic carbocycles. The van der Waals surface area contributed by atoms with Crippen LogP contribution in [0.1, 0.15) is 10.9 Å². The Labute approximate surface area is 116 Å². The lowest BCUT2D eigenvalue weighted by Crippen LogP contribution is -2.19. The maximum absolute atomic E-state index is 11.2. The molecule has 0 fully saturated rings. The summed E-state index contributed by atoms with van der Waals surface area (Å²) < 4.78 is 0. The summed E-state index contributed by atoms with van der Waals surface area (Å²) in [5.74, 6) is -1.01. The molecule has 2 heterocycles. The minimum absolute atomic E-state index is 0.0715.